The summed E-state index contributed by atoms with van der Waals surface area (Å²) in [5, 5.41) is 20.1. The number of hydrogen-bond donors (Lipinski definition) is 1. The molecule has 0 heterocycles. The highest BCUT2D eigenvalue weighted by atomic mass is 16.4. The molecule has 2 bridgehead atoms. The molecule has 2 aliphatic rings. The first kappa shape index (κ1) is 6.85. The Kier molecular flexibility index (Phi) is 1.16. The summed E-state index contributed by atoms with van der Waals surface area (Å²) in [5.41, 5.74) is -1.57. The standard InChI is InChI=1S/C8H10O3/c9-7(10)8(11)4-5-1-2-6(8)3-5/h1-2,5-6,11H,3-4H2,(H,9,10)/p-1/t5-,6-,8-/m1/s1. The Bertz CT molecular complexity index is 233. The summed E-state index contributed by atoms with van der Waals surface area (Å²) in [7, 11) is 0. The summed E-state index contributed by atoms with van der Waals surface area (Å²) in [4.78, 5) is 10.5. The van der Waals surface area contributed by atoms with Gasteiger partial charge in [-0.3, -0.25) is 0 Å². The number of carboxylic acid groups (broad SMARTS) is 1. The number of fused-ring (bicyclic) bond motifs is 2. The van der Waals surface area contributed by atoms with Crippen molar-refractivity contribution in [2.75, 3.05) is 0 Å². The fourth-order valence-electron chi connectivity index (χ4n) is 2.07. The third-order valence-corrected chi connectivity index (χ3v) is 2.71. The van der Waals surface area contributed by atoms with E-state index in [4.69, 9.17) is 0 Å². The van der Waals surface area contributed by atoms with Crippen molar-refractivity contribution in [3.63, 3.8) is 0 Å². The fraction of sp³-hybridized carbons (Fsp3) is 0.625. The van der Waals surface area contributed by atoms with Gasteiger partial charge in [-0.1, -0.05) is 12.2 Å². The minimum absolute atomic E-state index is 0.211. The van der Waals surface area contributed by atoms with Crippen molar-refractivity contribution in [3.05, 3.63) is 12.2 Å². The van der Waals surface area contributed by atoms with Crippen molar-refractivity contribution in [1.29, 1.82) is 0 Å². The van der Waals surface area contributed by atoms with Crippen molar-refractivity contribution in [2.45, 2.75) is 18.4 Å². The van der Waals surface area contributed by atoms with Crippen molar-refractivity contribution in [1.82, 2.24) is 0 Å². The predicted octanol–water partition coefficient (Wildman–Crippen LogP) is -0.937. The van der Waals surface area contributed by atoms with Crippen LogP contribution in [-0.2, 0) is 4.79 Å². The molecule has 0 spiro atoms. The van der Waals surface area contributed by atoms with Crippen LogP contribution in [0.3, 0.4) is 0 Å². The van der Waals surface area contributed by atoms with Gasteiger partial charge in [0.25, 0.3) is 0 Å². The molecule has 0 saturated heterocycles. The maximum absolute atomic E-state index is 10.5. The van der Waals surface area contributed by atoms with Crippen LogP contribution in [0.4, 0.5) is 0 Å². The third kappa shape index (κ3) is 0.744. The lowest BCUT2D eigenvalue weighted by Gasteiger charge is -2.30. The van der Waals surface area contributed by atoms with E-state index in [0.29, 0.717) is 6.42 Å². The first-order valence-corrected chi connectivity index (χ1v) is 3.75. The molecule has 0 amide bonds. The molecule has 0 aromatic rings. The monoisotopic (exact) mass is 153 g/mol. The van der Waals surface area contributed by atoms with Gasteiger partial charge in [-0.15, -0.1) is 0 Å². The van der Waals surface area contributed by atoms with E-state index in [2.05, 4.69) is 0 Å². The van der Waals surface area contributed by atoms with Crippen LogP contribution in [0.1, 0.15) is 12.8 Å². The van der Waals surface area contributed by atoms with E-state index in [1.54, 1.807) is 6.08 Å². The Balaban J connectivity index is 2.30. The average molecular weight is 153 g/mol. The van der Waals surface area contributed by atoms with Gasteiger partial charge in [-0.2, -0.15) is 0 Å². The van der Waals surface area contributed by atoms with Crippen LogP contribution >= 0.6 is 0 Å². The molecule has 3 heteroatoms. The molecule has 2 rings (SSSR count). The van der Waals surface area contributed by atoms with Crippen LogP contribution in [-0.4, -0.2) is 16.7 Å². The number of carboxylic acids is 1. The molecule has 11 heavy (non-hydrogen) atoms. The maximum Gasteiger partial charge on any atom is 0.111 e. The second-order valence-electron chi connectivity index (χ2n) is 3.40. The molecule has 0 aliphatic heterocycles. The summed E-state index contributed by atoms with van der Waals surface area (Å²) in [6.45, 7) is 0. The van der Waals surface area contributed by atoms with Gasteiger partial charge in [-0.05, 0) is 18.8 Å². The molecule has 0 aromatic heterocycles. The topological polar surface area (TPSA) is 60.4 Å². The molecule has 0 radical (unpaired) electrons. The van der Waals surface area contributed by atoms with Gasteiger partial charge in [0.05, 0.1) is 5.97 Å². The Labute approximate surface area is 64.3 Å². The Hall–Kier alpha value is -0.830. The lowest BCUT2D eigenvalue weighted by atomic mass is 9.89. The number of aliphatic carboxylic acids is 1. The van der Waals surface area contributed by atoms with E-state index < -0.39 is 11.6 Å². The summed E-state index contributed by atoms with van der Waals surface area (Å²) in [6.07, 6.45) is 4.85. The summed E-state index contributed by atoms with van der Waals surface area (Å²) in [6, 6.07) is 0. The highest BCUT2D eigenvalue weighted by Crippen LogP contribution is 2.45. The molecule has 1 fully saturated rings. The van der Waals surface area contributed by atoms with Gasteiger partial charge in [0.2, 0.25) is 0 Å². The highest BCUT2D eigenvalue weighted by Gasteiger charge is 2.48. The van der Waals surface area contributed by atoms with Gasteiger partial charge < -0.3 is 15.0 Å². The molecule has 2 aliphatic carbocycles. The second-order valence-corrected chi connectivity index (χ2v) is 3.40. The van der Waals surface area contributed by atoms with E-state index in [0.717, 1.165) is 6.42 Å². The molecule has 60 valence electrons. The van der Waals surface area contributed by atoms with Crippen LogP contribution in [0, 0.1) is 11.8 Å². The Morgan fingerprint density at radius 2 is 2.36 bits per heavy atom. The summed E-state index contributed by atoms with van der Waals surface area (Å²) in [5.74, 6) is -1.28. The molecule has 1 N–H and O–H groups in total. The largest absolute Gasteiger partial charge is 0.547 e. The fourth-order valence-corrected chi connectivity index (χ4v) is 2.07. The van der Waals surface area contributed by atoms with E-state index in [1.165, 1.54) is 0 Å². The first-order chi connectivity index (χ1) is 5.13. The molecule has 3 nitrogen and oxygen atoms in total. The SMILES string of the molecule is O=C([O-])[C@@]1(O)C[C@@H]2C=C[C@@H]1C2. The van der Waals surface area contributed by atoms with Gasteiger partial charge in [-0.25, -0.2) is 0 Å². The maximum atomic E-state index is 10.5. The van der Waals surface area contributed by atoms with E-state index in [-0.39, 0.29) is 11.8 Å². The predicted molar refractivity (Wildman–Crippen MR) is 35.3 cm³/mol. The van der Waals surface area contributed by atoms with Crippen LogP contribution in [0.25, 0.3) is 0 Å². The number of rotatable bonds is 1. The molecule has 1 saturated carbocycles. The van der Waals surface area contributed by atoms with Gasteiger partial charge in [0, 0.05) is 5.92 Å². The molecule has 3 atom stereocenters. The average Bonchev–Trinajstić information content (AvgIpc) is 2.45. The number of carbonyl (C=O) groups excluding carboxylic acids is 1. The van der Waals surface area contributed by atoms with E-state index in [1.807, 2.05) is 6.08 Å². The van der Waals surface area contributed by atoms with Gasteiger partial charge in [0.1, 0.15) is 5.60 Å². The Morgan fingerprint density at radius 1 is 1.64 bits per heavy atom. The number of carbonyl (C=O) groups is 1. The molecule has 0 unspecified atom stereocenters. The van der Waals surface area contributed by atoms with Crippen molar-refractivity contribution >= 4 is 5.97 Å². The summed E-state index contributed by atoms with van der Waals surface area (Å²) < 4.78 is 0. The van der Waals surface area contributed by atoms with E-state index >= 15 is 0 Å². The van der Waals surface area contributed by atoms with Crippen molar-refractivity contribution in [3.8, 4) is 0 Å². The minimum Gasteiger partial charge on any atom is -0.547 e. The van der Waals surface area contributed by atoms with Crippen LogP contribution in [0.5, 0.6) is 0 Å². The number of aliphatic hydroxyl groups is 1. The quantitative estimate of drug-likeness (QED) is 0.495. The summed E-state index contributed by atoms with van der Waals surface area (Å²) >= 11 is 0. The third-order valence-electron chi connectivity index (χ3n) is 2.71. The minimum atomic E-state index is -1.57. The smallest absolute Gasteiger partial charge is 0.111 e. The van der Waals surface area contributed by atoms with Crippen molar-refractivity contribution < 1.29 is 15.0 Å². The zero-order chi connectivity index (χ0) is 8.06. The molecular formula is C8H9O3-. The van der Waals surface area contributed by atoms with E-state index in [9.17, 15) is 15.0 Å². The second kappa shape index (κ2) is 1.85. The Morgan fingerprint density at radius 3 is 2.64 bits per heavy atom. The first-order valence-electron chi connectivity index (χ1n) is 3.75. The molecular weight excluding hydrogens is 144 g/mol. The molecule has 0 aromatic carbocycles. The van der Waals surface area contributed by atoms with Crippen LogP contribution in [0.2, 0.25) is 0 Å². The van der Waals surface area contributed by atoms with Gasteiger partial charge in [0.15, 0.2) is 0 Å². The zero-order valence-electron chi connectivity index (χ0n) is 5.99. The van der Waals surface area contributed by atoms with Crippen LogP contribution < -0.4 is 5.11 Å². The van der Waals surface area contributed by atoms with Crippen molar-refractivity contribution in [2.24, 2.45) is 11.8 Å². The highest BCUT2D eigenvalue weighted by molar-refractivity contribution is 5.77. The zero-order valence-corrected chi connectivity index (χ0v) is 5.99. The van der Waals surface area contributed by atoms with Gasteiger partial charge >= 0.3 is 0 Å². The number of allylic oxidation sites excluding steroid dienone is 1. The lowest BCUT2D eigenvalue weighted by Crippen LogP contribution is -2.51. The van der Waals surface area contributed by atoms with Crippen LogP contribution in [0.15, 0.2) is 12.2 Å². The normalized spacial score (nSPS) is 46.6. The lowest BCUT2D eigenvalue weighted by molar-refractivity contribution is -0.326. The number of hydrogen-bond acceptors (Lipinski definition) is 3.